The van der Waals surface area contributed by atoms with E-state index in [0.29, 0.717) is 25.5 Å². The summed E-state index contributed by atoms with van der Waals surface area (Å²) in [6, 6.07) is 0.232. The number of piperazine rings is 1. The molecule has 2 saturated heterocycles. The van der Waals surface area contributed by atoms with Crippen molar-refractivity contribution < 1.29 is 9.59 Å². The number of fused-ring (bicyclic) bond motifs is 2. The van der Waals surface area contributed by atoms with Gasteiger partial charge in [-0.2, -0.15) is 0 Å². The molecule has 3 amide bonds. The van der Waals surface area contributed by atoms with Crippen molar-refractivity contribution in [2.24, 2.45) is 17.8 Å². The van der Waals surface area contributed by atoms with Crippen molar-refractivity contribution in [3.63, 3.8) is 0 Å². The average Bonchev–Trinajstić information content (AvgIpc) is 2.94. The minimum atomic E-state index is 0.0415. The van der Waals surface area contributed by atoms with Crippen molar-refractivity contribution >= 4 is 11.9 Å². The third kappa shape index (κ3) is 2.48. The lowest BCUT2D eigenvalue weighted by Gasteiger charge is -2.42. The van der Waals surface area contributed by atoms with E-state index < -0.39 is 0 Å². The second-order valence-electron chi connectivity index (χ2n) is 7.63. The van der Waals surface area contributed by atoms with Crippen molar-refractivity contribution in [3.05, 3.63) is 0 Å². The summed E-state index contributed by atoms with van der Waals surface area (Å²) in [5.74, 6) is 2.30. The summed E-state index contributed by atoms with van der Waals surface area (Å²) in [6.45, 7) is 2.83. The fraction of sp³-hybridized carbons (Fsp3) is 0.882. The van der Waals surface area contributed by atoms with Gasteiger partial charge in [-0.3, -0.25) is 4.79 Å². The van der Waals surface area contributed by atoms with E-state index in [0.717, 1.165) is 31.2 Å². The van der Waals surface area contributed by atoms with Gasteiger partial charge in [0, 0.05) is 32.1 Å². The Morgan fingerprint density at radius 2 is 1.86 bits per heavy atom. The molecule has 5 nitrogen and oxygen atoms in total. The van der Waals surface area contributed by atoms with Crippen LogP contribution in [0.1, 0.15) is 44.9 Å². The van der Waals surface area contributed by atoms with Gasteiger partial charge < -0.3 is 15.1 Å². The number of hydrogen-bond acceptors (Lipinski definition) is 2. The maximum absolute atomic E-state index is 12.9. The number of carbonyl (C=O) groups excluding carboxylic acids is 2. The van der Waals surface area contributed by atoms with Gasteiger partial charge in [0.15, 0.2) is 0 Å². The van der Waals surface area contributed by atoms with Crippen LogP contribution < -0.4 is 5.32 Å². The second kappa shape index (κ2) is 5.74. The van der Waals surface area contributed by atoms with Gasteiger partial charge >= 0.3 is 6.03 Å². The van der Waals surface area contributed by atoms with Crippen molar-refractivity contribution in [3.8, 4) is 0 Å². The fourth-order valence-corrected chi connectivity index (χ4v) is 5.16. The highest BCUT2D eigenvalue weighted by Crippen LogP contribution is 2.43. The third-order valence-corrected chi connectivity index (χ3v) is 6.43. The normalized spacial score (nSPS) is 38.3. The Kier molecular flexibility index (Phi) is 3.74. The lowest BCUT2D eigenvalue weighted by atomic mass is 9.67. The largest absolute Gasteiger partial charge is 0.339 e. The van der Waals surface area contributed by atoms with Crippen LogP contribution in [0.5, 0.6) is 0 Å². The van der Waals surface area contributed by atoms with Gasteiger partial charge in [-0.15, -0.1) is 0 Å². The van der Waals surface area contributed by atoms with Crippen LogP contribution in [0.25, 0.3) is 0 Å². The van der Waals surface area contributed by atoms with E-state index in [1.165, 1.54) is 32.1 Å². The van der Waals surface area contributed by atoms with E-state index >= 15 is 0 Å². The summed E-state index contributed by atoms with van der Waals surface area (Å²) in [6.07, 6.45) is 8.93. The van der Waals surface area contributed by atoms with Gasteiger partial charge in [-0.05, 0) is 31.1 Å². The predicted octanol–water partition coefficient (Wildman–Crippen LogP) is 1.83. The zero-order chi connectivity index (χ0) is 15.1. The van der Waals surface area contributed by atoms with Gasteiger partial charge in [0.1, 0.15) is 0 Å². The number of urea groups is 1. The molecule has 0 aromatic heterocycles. The molecule has 2 aliphatic heterocycles. The first-order valence-electron chi connectivity index (χ1n) is 9.05. The van der Waals surface area contributed by atoms with E-state index in [2.05, 4.69) is 5.32 Å². The Morgan fingerprint density at radius 1 is 1.05 bits per heavy atom. The van der Waals surface area contributed by atoms with Crippen LogP contribution in [0, 0.1) is 17.8 Å². The van der Waals surface area contributed by atoms with Gasteiger partial charge in [0.2, 0.25) is 5.91 Å². The molecule has 4 atom stereocenters. The van der Waals surface area contributed by atoms with E-state index in [9.17, 15) is 9.59 Å². The van der Waals surface area contributed by atoms with E-state index in [4.69, 9.17) is 0 Å². The molecule has 0 bridgehead atoms. The first kappa shape index (κ1) is 14.3. The molecule has 4 rings (SSSR count). The summed E-state index contributed by atoms with van der Waals surface area (Å²) >= 11 is 0. The minimum absolute atomic E-state index is 0.0415. The van der Waals surface area contributed by atoms with Crippen LogP contribution in [0.2, 0.25) is 0 Å². The van der Waals surface area contributed by atoms with E-state index in [1.54, 1.807) is 0 Å². The van der Waals surface area contributed by atoms with Crippen LogP contribution >= 0.6 is 0 Å². The monoisotopic (exact) mass is 305 g/mol. The van der Waals surface area contributed by atoms with Crippen LogP contribution in [-0.4, -0.2) is 54.0 Å². The van der Waals surface area contributed by atoms with Crippen molar-refractivity contribution in [2.45, 2.75) is 51.0 Å². The topological polar surface area (TPSA) is 52.7 Å². The quantitative estimate of drug-likeness (QED) is 0.803. The molecule has 2 aliphatic carbocycles. The van der Waals surface area contributed by atoms with Crippen molar-refractivity contribution in [1.82, 2.24) is 15.1 Å². The Balaban J connectivity index is 1.37. The minimum Gasteiger partial charge on any atom is -0.339 e. The number of rotatable bonds is 1. The summed E-state index contributed by atoms with van der Waals surface area (Å²) in [4.78, 5) is 28.5. The number of nitrogens with zero attached hydrogens (tertiary/aromatic N) is 2. The molecule has 2 heterocycles. The molecule has 4 aliphatic rings. The highest BCUT2D eigenvalue weighted by atomic mass is 16.2. The lowest BCUT2D eigenvalue weighted by Crippen LogP contribution is -2.55. The molecule has 22 heavy (non-hydrogen) atoms. The van der Waals surface area contributed by atoms with Crippen LogP contribution in [-0.2, 0) is 4.79 Å². The van der Waals surface area contributed by atoms with Gasteiger partial charge in [-0.25, -0.2) is 4.79 Å². The van der Waals surface area contributed by atoms with E-state index in [-0.39, 0.29) is 18.0 Å². The number of nitrogens with one attached hydrogen (secondary N) is 1. The summed E-state index contributed by atoms with van der Waals surface area (Å²) in [5.41, 5.74) is 0. The Morgan fingerprint density at radius 3 is 2.73 bits per heavy atom. The van der Waals surface area contributed by atoms with Gasteiger partial charge in [0.05, 0.1) is 6.04 Å². The lowest BCUT2D eigenvalue weighted by molar-refractivity contribution is -0.140. The smallest absolute Gasteiger partial charge is 0.317 e. The molecule has 0 unspecified atom stereocenters. The maximum atomic E-state index is 12.9. The number of carbonyl (C=O) groups is 2. The summed E-state index contributed by atoms with van der Waals surface area (Å²) in [7, 11) is 0. The van der Waals surface area contributed by atoms with E-state index in [1.807, 2.05) is 9.80 Å². The van der Waals surface area contributed by atoms with Gasteiger partial charge in [0.25, 0.3) is 0 Å². The molecule has 4 fully saturated rings. The van der Waals surface area contributed by atoms with Crippen LogP contribution in [0.3, 0.4) is 0 Å². The first-order valence-corrected chi connectivity index (χ1v) is 9.05. The highest BCUT2D eigenvalue weighted by Gasteiger charge is 2.40. The Labute approximate surface area is 132 Å². The number of amides is 3. The van der Waals surface area contributed by atoms with Crippen LogP contribution in [0.4, 0.5) is 4.79 Å². The Hall–Kier alpha value is -1.26. The molecule has 0 aromatic carbocycles. The van der Waals surface area contributed by atoms with Crippen molar-refractivity contribution in [1.29, 1.82) is 0 Å². The number of hydrogen-bond donors (Lipinski definition) is 1. The predicted molar refractivity (Wildman–Crippen MR) is 83.3 cm³/mol. The molecule has 0 radical (unpaired) electrons. The maximum Gasteiger partial charge on any atom is 0.317 e. The average molecular weight is 305 g/mol. The molecule has 5 heteroatoms. The van der Waals surface area contributed by atoms with Crippen LogP contribution in [0.15, 0.2) is 0 Å². The molecule has 0 spiro atoms. The third-order valence-electron chi connectivity index (χ3n) is 6.43. The molecule has 1 N–H and O–H groups in total. The Bertz CT molecular complexity index is 467. The standard InChI is InChI=1S/C17H27N3O2/c21-16(14-6-5-12-3-1-2-4-13(12)9-14)19-7-8-20-15(11-19)10-18-17(20)22/h12-15H,1-11H2,(H,18,22)/t12-,13-,14+,15-/m0/s1. The second-order valence-corrected chi connectivity index (χ2v) is 7.63. The molecular formula is C17H27N3O2. The SMILES string of the molecule is O=C([C@@H]1CC[C@@H]2CCCC[C@H]2C1)N1CCN2C(=O)NC[C@H]2C1. The zero-order valence-corrected chi connectivity index (χ0v) is 13.3. The molecule has 2 saturated carbocycles. The first-order chi connectivity index (χ1) is 10.7. The highest BCUT2D eigenvalue weighted by molar-refractivity contribution is 5.81. The van der Waals surface area contributed by atoms with Crippen molar-refractivity contribution in [2.75, 3.05) is 26.2 Å². The molecule has 0 aromatic rings. The summed E-state index contributed by atoms with van der Waals surface area (Å²) < 4.78 is 0. The van der Waals surface area contributed by atoms with Gasteiger partial charge in [-0.1, -0.05) is 25.7 Å². The molecule has 122 valence electrons. The molecular weight excluding hydrogens is 278 g/mol. The zero-order valence-electron chi connectivity index (χ0n) is 13.3. The fourth-order valence-electron chi connectivity index (χ4n) is 5.16. The summed E-state index contributed by atoms with van der Waals surface area (Å²) in [5, 5.41) is 2.89.